The molecule has 8 aromatic rings. The van der Waals surface area contributed by atoms with E-state index in [-0.39, 0.29) is 0 Å². The summed E-state index contributed by atoms with van der Waals surface area (Å²) in [5, 5.41) is 31.3. The van der Waals surface area contributed by atoms with Crippen molar-refractivity contribution < 1.29 is 10.0 Å². The molecule has 0 radical (unpaired) electrons. The van der Waals surface area contributed by atoms with Gasteiger partial charge in [0, 0.05) is 25.6 Å². The van der Waals surface area contributed by atoms with E-state index in [1.54, 1.807) is 11.3 Å². The SMILES string of the molecule is OB(O)c1c(-c2cccc(-c3c4ccccc4c(C4=CCCC=C4)c4ccccc34)c2)c2ccccc2c2c1sc1ccccc12. The van der Waals surface area contributed by atoms with Crippen LogP contribution in [0.3, 0.4) is 0 Å². The molecule has 7 aromatic carbocycles. The maximum atomic E-state index is 11.0. The largest absolute Gasteiger partial charge is 0.490 e. The minimum atomic E-state index is -1.63. The van der Waals surface area contributed by atoms with E-state index in [9.17, 15) is 10.0 Å². The fourth-order valence-electron chi connectivity index (χ4n) is 7.62. The van der Waals surface area contributed by atoms with E-state index in [1.165, 1.54) is 38.2 Å². The van der Waals surface area contributed by atoms with Gasteiger partial charge in [-0.1, -0.05) is 127 Å². The third-order valence-corrected chi connectivity index (χ3v) is 10.7. The number of thiophene rings is 1. The first-order valence-electron chi connectivity index (χ1n) is 15.8. The molecule has 0 amide bonds. The van der Waals surface area contributed by atoms with Crippen LogP contribution in [0.4, 0.5) is 0 Å². The van der Waals surface area contributed by atoms with Crippen molar-refractivity contribution in [2.75, 3.05) is 0 Å². The Labute approximate surface area is 271 Å². The van der Waals surface area contributed by atoms with Crippen molar-refractivity contribution in [1.82, 2.24) is 0 Å². The Morgan fingerprint density at radius 2 is 1.07 bits per heavy atom. The summed E-state index contributed by atoms with van der Waals surface area (Å²) in [6, 6.07) is 42.8. The van der Waals surface area contributed by atoms with Crippen LogP contribution < -0.4 is 5.46 Å². The predicted octanol–water partition coefficient (Wildman–Crippen LogP) is 10.3. The minimum Gasteiger partial charge on any atom is -0.423 e. The fourth-order valence-corrected chi connectivity index (χ4v) is 8.90. The van der Waals surface area contributed by atoms with Gasteiger partial charge in [0.15, 0.2) is 0 Å². The molecular formula is C42H29BO2S. The van der Waals surface area contributed by atoms with Crippen molar-refractivity contribution in [2.45, 2.75) is 12.8 Å². The van der Waals surface area contributed by atoms with Crippen molar-refractivity contribution in [3.05, 3.63) is 145 Å². The van der Waals surface area contributed by atoms with E-state index in [0.29, 0.717) is 5.46 Å². The molecule has 1 aromatic heterocycles. The van der Waals surface area contributed by atoms with Gasteiger partial charge in [0.2, 0.25) is 0 Å². The molecule has 1 aliphatic rings. The standard InChI is InChI=1S/C42H29BO2S/c44-43(45)41-39(33-21-8-9-22-34(33)40-35-23-10-11-24-36(35)46-42(40)41)28-16-12-15-27(25-28)38-31-19-6-4-17-29(31)37(26-13-2-1-3-14-26)30-18-5-7-20-32(30)38/h2,4-25,44-45H,1,3H2. The molecule has 0 fully saturated rings. The average molecular weight is 609 g/mol. The molecule has 0 bridgehead atoms. The number of benzene rings is 7. The van der Waals surface area contributed by atoms with E-state index in [0.717, 1.165) is 60.5 Å². The zero-order valence-electron chi connectivity index (χ0n) is 25.1. The van der Waals surface area contributed by atoms with E-state index < -0.39 is 7.12 Å². The lowest BCUT2D eigenvalue weighted by atomic mass is 9.72. The van der Waals surface area contributed by atoms with E-state index >= 15 is 0 Å². The van der Waals surface area contributed by atoms with Gasteiger partial charge in [0.05, 0.1) is 0 Å². The molecule has 2 N–H and O–H groups in total. The zero-order chi connectivity index (χ0) is 30.8. The normalized spacial score (nSPS) is 13.3. The molecule has 0 unspecified atom stereocenters. The average Bonchev–Trinajstić information content (AvgIpc) is 3.50. The maximum Gasteiger partial charge on any atom is 0.490 e. The molecule has 46 heavy (non-hydrogen) atoms. The highest BCUT2D eigenvalue weighted by molar-refractivity contribution is 7.27. The number of rotatable bonds is 4. The Bertz CT molecular complexity index is 2520. The Morgan fingerprint density at radius 1 is 0.522 bits per heavy atom. The van der Waals surface area contributed by atoms with Crippen molar-refractivity contribution in [3.63, 3.8) is 0 Å². The number of hydrogen-bond acceptors (Lipinski definition) is 3. The maximum absolute atomic E-state index is 11.0. The number of fused-ring (bicyclic) bond motifs is 7. The van der Waals surface area contributed by atoms with Crippen LogP contribution in [0.2, 0.25) is 0 Å². The second-order valence-corrected chi connectivity index (χ2v) is 13.1. The van der Waals surface area contributed by atoms with E-state index in [2.05, 4.69) is 127 Å². The van der Waals surface area contributed by atoms with Crippen LogP contribution in [0.15, 0.2) is 140 Å². The number of allylic oxidation sites excluding steroid dienone is 4. The smallest absolute Gasteiger partial charge is 0.423 e. The van der Waals surface area contributed by atoms with Gasteiger partial charge in [-0.2, -0.15) is 0 Å². The summed E-state index contributed by atoms with van der Waals surface area (Å²) in [7, 11) is -1.63. The Kier molecular flexibility index (Phi) is 6.43. The summed E-state index contributed by atoms with van der Waals surface area (Å²) >= 11 is 1.63. The Hall–Kier alpha value is -5.00. The van der Waals surface area contributed by atoms with Crippen LogP contribution >= 0.6 is 11.3 Å². The molecule has 1 heterocycles. The first-order valence-corrected chi connectivity index (χ1v) is 16.6. The lowest BCUT2D eigenvalue weighted by molar-refractivity contribution is 0.426. The summed E-state index contributed by atoms with van der Waals surface area (Å²) in [4.78, 5) is 0. The molecule has 0 spiro atoms. The Morgan fingerprint density at radius 3 is 1.67 bits per heavy atom. The van der Waals surface area contributed by atoms with Crippen molar-refractivity contribution in [1.29, 1.82) is 0 Å². The minimum absolute atomic E-state index is 0.563. The van der Waals surface area contributed by atoms with Gasteiger partial charge in [-0.05, 0) is 90.7 Å². The molecule has 0 saturated carbocycles. The van der Waals surface area contributed by atoms with Gasteiger partial charge in [-0.25, -0.2) is 0 Å². The first kappa shape index (κ1) is 27.3. The molecule has 0 atom stereocenters. The van der Waals surface area contributed by atoms with Crippen molar-refractivity contribution in [3.8, 4) is 22.3 Å². The third kappa shape index (κ3) is 4.12. The molecule has 1 aliphatic carbocycles. The van der Waals surface area contributed by atoms with Crippen LogP contribution in [-0.2, 0) is 0 Å². The quantitative estimate of drug-likeness (QED) is 0.154. The topological polar surface area (TPSA) is 40.5 Å². The molecule has 9 rings (SSSR count). The molecule has 218 valence electrons. The van der Waals surface area contributed by atoms with Crippen LogP contribution in [0.5, 0.6) is 0 Å². The summed E-state index contributed by atoms with van der Waals surface area (Å²) in [6.45, 7) is 0. The van der Waals surface area contributed by atoms with Crippen molar-refractivity contribution in [2.24, 2.45) is 0 Å². The molecule has 4 heteroatoms. The highest BCUT2D eigenvalue weighted by Gasteiger charge is 2.27. The molecule has 2 nitrogen and oxygen atoms in total. The third-order valence-electron chi connectivity index (χ3n) is 9.49. The van der Waals surface area contributed by atoms with Crippen LogP contribution in [0.1, 0.15) is 18.4 Å². The van der Waals surface area contributed by atoms with E-state index in [1.807, 2.05) is 12.1 Å². The summed E-state index contributed by atoms with van der Waals surface area (Å²) in [5.74, 6) is 0. The van der Waals surface area contributed by atoms with Crippen LogP contribution in [0.25, 0.3) is 80.3 Å². The van der Waals surface area contributed by atoms with Gasteiger partial charge in [-0.3, -0.25) is 0 Å². The second kappa shape index (κ2) is 10.8. The van der Waals surface area contributed by atoms with Gasteiger partial charge >= 0.3 is 7.12 Å². The van der Waals surface area contributed by atoms with Crippen molar-refractivity contribution >= 4 is 82.0 Å². The molecule has 0 aliphatic heterocycles. The number of hydrogen-bond donors (Lipinski definition) is 2. The highest BCUT2D eigenvalue weighted by Crippen LogP contribution is 2.45. The second-order valence-electron chi connectivity index (χ2n) is 12.1. The van der Waals surface area contributed by atoms with Gasteiger partial charge < -0.3 is 10.0 Å². The first-order chi connectivity index (χ1) is 22.7. The predicted molar refractivity (Wildman–Crippen MR) is 199 cm³/mol. The lowest BCUT2D eigenvalue weighted by Crippen LogP contribution is -2.32. The summed E-state index contributed by atoms with van der Waals surface area (Å²) in [5.41, 5.74) is 7.25. The highest BCUT2D eigenvalue weighted by atomic mass is 32.1. The van der Waals surface area contributed by atoms with Gasteiger partial charge in [0.25, 0.3) is 0 Å². The summed E-state index contributed by atoms with van der Waals surface area (Å²) < 4.78 is 2.06. The lowest BCUT2D eigenvalue weighted by Gasteiger charge is -2.20. The van der Waals surface area contributed by atoms with Gasteiger partial charge in [0.1, 0.15) is 0 Å². The van der Waals surface area contributed by atoms with Crippen LogP contribution in [-0.4, -0.2) is 17.2 Å². The molecule has 0 saturated heterocycles. The molecular weight excluding hydrogens is 579 g/mol. The monoisotopic (exact) mass is 608 g/mol. The summed E-state index contributed by atoms with van der Waals surface area (Å²) in [6.07, 6.45) is 9.05. The Balaban J connectivity index is 1.37. The zero-order valence-corrected chi connectivity index (χ0v) is 25.9. The van der Waals surface area contributed by atoms with Gasteiger partial charge in [-0.15, -0.1) is 11.3 Å². The van der Waals surface area contributed by atoms with Crippen LogP contribution in [0, 0.1) is 0 Å². The fraction of sp³-hybridized carbons (Fsp3) is 0.0476. The van der Waals surface area contributed by atoms with E-state index in [4.69, 9.17) is 0 Å².